The topological polar surface area (TPSA) is 0 Å². The van der Waals surface area contributed by atoms with Crippen LogP contribution in [0.2, 0.25) is 0 Å². The van der Waals surface area contributed by atoms with Gasteiger partial charge in [-0.2, -0.15) is 0 Å². The molecule has 0 N–H and O–H groups in total. The lowest BCUT2D eigenvalue weighted by atomic mass is 9.83. The summed E-state index contributed by atoms with van der Waals surface area (Å²) in [5.74, 6) is 0.740. The molecule has 1 heteroatoms. The normalized spacial score (nSPS) is 25.6. The highest BCUT2D eigenvalue weighted by molar-refractivity contribution is 9.09. The Morgan fingerprint density at radius 3 is 2.44 bits per heavy atom. The Labute approximate surface area is 108 Å². The highest BCUT2D eigenvalue weighted by Gasteiger charge is 2.23. The highest BCUT2D eigenvalue weighted by atomic mass is 79.9. The first kappa shape index (κ1) is 12.2. The van der Waals surface area contributed by atoms with E-state index in [2.05, 4.69) is 47.1 Å². The van der Waals surface area contributed by atoms with Gasteiger partial charge in [-0.3, -0.25) is 0 Å². The summed E-state index contributed by atoms with van der Waals surface area (Å²) in [6, 6.07) is 9.31. The van der Waals surface area contributed by atoms with Crippen LogP contribution in [0.25, 0.3) is 0 Å². The minimum atomic E-state index is 0.693. The van der Waals surface area contributed by atoms with Crippen LogP contribution in [0.15, 0.2) is 24.3 Å². The van der Waals surface area contributed by atoms with Crippen molar-refractivity contribution in [1.29, 1.82) is 0 Å². The fraction of sp³-hybridized carbons (Fsp3) is 0.600. The smallest absolute Gasteiger partial charge is 0.0214 e. The van der Waals surface area contributed by atoms with Crippen molar-refractivity contribution in [2.75, 3.05) is 0 Å². The summed E-state index contributed by atoms with van der Waals surface area (Å²) in [4.78, 5) is 0.693. The number of hydrogen-bond donors (Lipinski definition) is 0. The monoisotopic (exact) mass is 280 g/mol. The van der Waals surface area contributed by atoms with Gasteiger partial charge in [0.05, 0.1) is 0 Å². The molecule has 16 heavy (non-hydrogen) atoms. The molecule has 0 saturated heterocycles. The Hall–Kier alpha value is -0.300. The molecule has 0 amide bonds. The number of hydrogen-bond acceptors (Lipinski definition) is 0. The number of rotatable bonds is 3. The Morgan fingerprint density at radius 1 is 1.12 bits per heavy atom. The van der Waals surface area contributed by atoms with Crippen molar-refractivity contribution in [3.8, 4) is 0 Å². The van der Waals surface area contributed by atoms with Gasteiger partial charge in [0.2, 0.25) is 0 Å². The van der Waals surface area contributed by atoms with Crippen molar-refractivity contribution in [3.05, 3.63) is 35.4 Å². The zero-order chi connectivity index (χ0) is 11.4. The van der Waals surface area contributed by atoms with Crippen molar-refractivity contribution in [1.82, 2.24) is 0 Å². The van der Waals surface area contributed by atoms with E-state index in [0.29, 0.717) is 4.83 Å². The molecule has 1 fully saturated rings. The Morgan fingerprint density at radius 2 is 1.81 bits per heavy atom. The molecule has 1 saturated carbocycles. The van der Waals surface area contributed by atoms with Crippen LogP contribution >= 0.6 is 15.9 Å². The molecule has 0 spiro atoms. The van der Waals surface area contributed by atoms with Crippen molar-refractivity contribution in [3.63, 3.8) is 0 Å². The first-order valence-corrected chi connectivity index (χ1v) is 7.45. The van der Waals surface area contributed by atoms with Crippen LogP contribution in [0, 0.1) is 0 Å². The van der Waals surface area contributed by atoms with E-state index in [9.17, 15) is 0 Å². The lowest BCUT2D eigenvalue weighted by Gasteiger charge is -2.27. The lowest BCUT2D eigenvalue weighted by Crippen LogP contribution is -2.17. The van der Waals surface area contributed by atoms with Gasteiger partial charge in [0.25, 0.3) is 0 Å². The average Bonchev–Trinajstić information content (AvgIpc) is 2.31. The molecule has 1 aromatic carbocycles. The second-order valence-electron chi connectivity index (χ2n) is 4.90. The fourth-order valence-corrected chi connectivity index (χ4v) is 3.57. The van der Waals surface area contributed by atoms with Crippen molar-refractivity contribution in [2.45, 2.75) is 56.2 Å². The maximum Gasteiger partial charge on any atom is 0.0214 e. The molecule has 0 bridgehead atoms. The summed E-state index contributed by atoms with van der Waals surface area (Å²) in [7, 11) is 0. The lowest BCUT2D eigenvalue weighted by molar-refractivity contribution is 0.461. The van der Waals surface area contributed by atoms with Crippen molar-refractivity contribution in [2.24, 2.45) is 0 Å². The van der Waals surface area contributed by atoms with Gasteiger partial charge < -0.3 is 0 Å². The quantitative estimate of drug-likeness (QED) is 0.679. The SMILES string of the molecule is CCCc1ccc(C2CCCCC2Br)cc1. The molecule has 2 atom stereocenters. The van der Waals surface area contributed by atoms with E-state index in [1.807, 2.05) is 0 Å². The molecule has 0 nitrogen and oxygen atoms in total. The third kappa shape index (κ3) is 2.88. The molecule has 1 aromatic rings. The van der Waals surface area contributed by atoms with Gasteiger partial charge in [0.1, 0.15) is 0 Å². The molecule has 0 heterocycles. The van der Waals surface area contributed by atoms with Crippen LogP contribution in [-0.4, -0.2) is 4.83 Å². The highest BCUT2D eigenvalue weighted by Crippen LogP contribution is 2.37. The summed E-state index contributed by atoms with van der Waals surface area (Å²) >= 11 is 3.84. The van der Waals surface area contributed by atoms with E-state index < -0.39 is 0 Å². The van der Waals surface area contributed by atoms with Gasteiger partial charge >= 0.3 is 0 Å². The number of aryl methyl sites for hydroxylation is 1. The Kier molecular flexibility index (Phi) is 4.45. The third-order valence-corrected chi connectivity index (χ3v) is 4.72. The second-order valence-corrected chi connectivity index (χ2v) is 6.07. The zero-order valence-corrected chi connectivity index (χ0v) is 11.7. The minimum Gasteiger partial charge on any atom is -0.0884 e. The first-order valence-electron chi connectivity index (χ1n) is 6.54. The van der Waals surface area contributed by atoms with Gasteiger partial charge in [-0.05, 0) is 36.3 Å². The van der Waals surface area contributed by atoms with Gasteiger partial charge in [-0.1, -0.05) is 66.4 Å². The summed E-state index contributed by atoms with van der Waals surface area (Å²) in [5.41, 5.74) is 3.01. The van der Waals surface area contributed by atoms with Gasteiger partial charge in [0.15, 0.2) is 0 Å². The standard InChI is InChI=1S/C15H21Br/c1-2-5-12-8-10-13(11-9-12)14-6-3-4-7-15(14)16/h8-11,14-15H,2-7H2,1H3. The average molecular weight is 281 g/mol. The maximum atomic E-state index is 3.84. The largest absolute Gasteiger partial charge is 0.0884 e. The van der Waals surface area contributed by atoms with Crippen LogP contribution in [-0.2, 0) is 6.42 Å². The molecule has 1 aliphatic carbocycles. The van der Waals surface area contributed by atoms with E-state index in [-0.39, 0.29) is 0 Å². The van der Waals surface area contributed by atoms with Gasteiger partial charge in [-0.15, -0.1) is 0 Å². The van der Waals surface area contributed by atoms with E-state index in [4.69, 9.17) is 0 Å². The predicted octanol–water partition coefficient (Wildman–Crippen LogP) is 5.06. The molecule has 0 aromatic heterocycles. The summed E-state index contributed by atoms with van der Waals surface area (Å²) in [5, 5.41) is 0. The molecule has 88 valence electrons. The van der Waals surface area contributed by atoms with Crippen LogP contribution in [0.3, 0.4) is 0 Å². The summed E-state index contributed by atoms with van der Waals surface area (Å²) < 4.78 is 0. The Balaban J connectivity index is 2.08. The minimum absolute atomic E-state index is 0.693. The van der Waals surface area contributed by atoms with Crippen molar-refractivity contribution < 1.29 is 0 Å². The molecular weight excluding hydrogens is 260 g/mol. The second kappa shape index (κ2) is 5.86. The molecule has 2 rings (SSSR count). The van der Waals surface area contributed by atoms with E-state index >= 15 is 0 Å². The van der Waals surface area contributed by atoms with Gasteiger partial charge in [0, 0.05) is 4.83 Å². The third-order valence-electron chi connectivity index (χ3n) is 3.63. The molecule has 2 unspecified atom stereocenters. The van der Waals surface area contributed by atoms with E-state index in [1.54, 1.807) is 0 Å². The zero-order valence-electron chi connectivity index (χ0n) is 10.1. The van der Waals surface area contributed by atoms with Crippen LogP contribution in [0.5, 0.6) is 0 Å². The summed E-state index contributed by atoms with van der Waals surface area (Å²) in [6.45, 7) is 2.24. The molecule has 0 aliphatic heterocycles. The van der Waals surface area contributed by atoms with E-state index in [0.717, 1.165) is 5.92 Å². The molecular formula is C15H21Br. The van der Waals surface area contributed by atoms with Crippen LogP contribution in [0.1, 0.15) is 56.1 Å². The Bertz CT molecular complexity index is 315. The predicted molar refractivity (Wildman–Crippen MR) is 74.4 cm³/mol. The summed E-state index contributed by atoms with van der Waals surface area (Å²) in [6.07, 6.45) is 7.92. The van der Waals surface area contributed by atoms with Crippen molar-refractivity contribution >= 4 is 15.9 Å². The fourth-order valence-electron chi connectivity index (χ4n) is 2.68. The number of alkyl halides is 1. The number of halogens is 1. The van der Waals surface area contributed by atoms with Gasteiger partial charge in [-0.25, -0.2) is 0 Å². The number of benzene rings is 1. The first-order chi connectivity index (χ1) is 7.81. The maximum absolute atomic E-state index is 3.84. The van der Waals surface area contributed by atoms with Crippen LogP contribution < -0.4 is 0 Å². The van der Waals surface area contributed by atoms with E-state index in [1.165, 1.54) is 49.7 Å². The van der Waals surface area contributed by atoms with Crippen LogP contribution in [0.4, 0.5) is 0 Å². The molecule has 1 aliphatic rings. The molecule has 0 radical (unpaired) electrons.